The van der Waals surface area contributed by atoms with Crippen molar-refractivity contribution in [1.29, 1.82) is 0 Å². The van der Waals surface area contributed by atoms with Crippen molar-refractivity contribution < 1.29 is 9.53 Å². The van der Waals surface area contributed by atoms with E-state index in [-0.39, 0.29) is 12.0 Å². The van der Waals surface area contributed by atoms with Crippen LogP contribution in [-0.4, -0.2) is 39.6 Å². The summed E-state index contributed by atoms with van der Waals surface area (Å²) < 4.78 is 7.84. The lowest BCUT2D eigenvalue weighted by molar-refractivity contribution is 0.0682. The Bertz CT molecular complexity index is 698. The molecule has 2 heterocycles. The average molecular weight is 341 g/mol. The summed E-state index contributed by atoms with van der Waals surface area (Å²) in [5.74, 6) is 2.59. The van der Waals surface area contributed by atoms with Crippen LogP contribution >= 0.6 is 0 Å². The number of hydrogen-bond acceptors (Lipinski definition) is 3. The second-order valence-electron chi connectivity index (χ2n) is 7.05. The summed E-state index contributed by atoms with van der Waals surface area (Å²) in [6.45, 7) is 8.66. The smallest absolute Gasteiger partial charge is 0.253 e. The molecule has 1 aliphatic rings. The molecule has 1 aromatic carbocycles. The van der Waals surface area contributed by atoms with Crippen LogP contribution in [0, 0.1) is 12.8 Å². The molecule has 1 aliphatic heterocycles. The number of carbonyl (C=O) groups excluding carboxylic acids is 1. The standard InChI is InChI=1S/C20H27N3O2/c1-15(2)25-19-6-4-18(5-7-19)20(24)22-11-8-17(9-12-22)14-23-13-10-21-16(23)3/h4-7,10,13,15,17H,8-9,11-12,14H2,1-3H3. The minimum atomic E-state index is 0.119. The first kappa shape index (κ1) is 17.5. The molecule has 0 spiro atoms. The molecule has 134 valence electrons. The van der Waals surface area contributed by atoms with Gasteiger partial charge in [-0.1, -0.05) is 0 Å². The summed E-state index contributed by atoms with van der Waals surface area (Å²) >= 11 is 0. The third kappa shape index (κ3) is 4.41. The highest BCUT2D eigenvalue weighted by Crippen LogP contribution is 2.22. The summed E-state index contributed by atoms with van der Waals surface area (Å²) in [5.41, 5.74) is 0.736. The van der Waals surface area contributed by atoms with E-state index in [2.05, 4.69) is 9.55 Å². The highest BCUT2D eigenvalue weighted by atomic mass is 16.5. The molecule has 0 bridgehead atoms. The fraction of sp³-hybridized carbons (Fsp3) is 0.500. The number of amides is 1. The summed E-state index contributed by atoms with van der Waals surface area (Å²) in [7, 11) is 0. The Hall–Kier alpha value is -2.30. The van der Waals surface area contributed by atoms with Crippen LogP contribution in [0.25, 0.3) is 0 Å². The second-order valence-corrected chi connectivity index (χ2v) is 7.05. The number of imidazole rings is 1. The Morgan fingerprint density at radius 3 is 2.48 bits per heavy atom. The number of likely N-dealkylation sites (tertiary alicyclic amines) is 1. The first-order valence-electron chi connectivity index (χ1n) is 9.06. The maximum Gasteiger partial charge on any atom is 0.253 e. The van der Waals surface area contributed by atoms with E-state index >= 15 is 0 Å². The van der Waals surface area contributed by atoms with Crippen molar-refractivity contribution in [2.24, 2.45) is 5.92 Å². The molecule has 0 saturated carbocycles. The molecule has 0 aliphatic carbocycles. The van der Waals surface area contributed by atoms with Crippen LogP contribution in [0.2, 0.25) is 0 Å². The predicted octanol–water partition coefficient (Wildman–Crippen LogP) is 3.53. The van der Waals surface area contributed by atoms with Crippen molar-refractivity contribution in [1.82, 2.24) is 14.5 Å². The number of ether oxygens (including phenoxy) is 1. The molecule has 1 amide bonds. The molecule has 25 heavy (non-hydrogen) atoms. The van der Waals surface area contributed by atoms with E-state index in [0.717, 1.165) is 49.6 Å². The third-order valence-corrected chi connectivity index (χ3v) is 4.75. The first-order chi connectivity index (χ1) is 12.0. The van der Waals surface area contributed by atoms with Gasteiger partial charge in [-0.3, -0.25) is 4.79 Å². The van der Waals surface area contributed by atoms with Crippen molar-refractivity contribution >= 4 is 5.91 Å². The summed E-state index contributed by atoms with van der Waals surface area (Å²) in [6.07, 6.45) is 6.10. The van der Waals surface area contributed by atoms with Crippen LogP contribution in [0.3, 0.4) is 0 Å². The van der Waals surface area contributed by atoms with Crippen molar-refractivity contribution in [2.45, 2.75) is 46.3 Å². The lowest BCUT2D eigenvalue weighted by atomic mass is 9.96. The topological polar surface area (TPSA) is 47.4 Å². The van der Waals surface area contributed by atoms with E-state index in [1.807, 2.05) is 62.3 Å². The zero-order valence-corrected chi connectivity index (χ0v) is 15.3. The lowest BCUT2D eigenvalue weighted by Gasteiger charge is -2.32. The van der Waals surface area contributed by atoms with Crippen LogP contribution in [0.1, 0.15) is 42.9 Å². The van der Waals surface area contributed by atoms with Crippen LogP contribution in [0.15, 0.2) is 36.7 Å². The summed E-state index contributed by atoms with van der Waals surface area (Å²) in [4.78, 5) is 18.9. The Kier molecular flexibility index (Phi) is 5.41. The molecule has 5 nitrogen and oxygen atoms in total. The summed E-state index contributed by atoms with van der Waals surface area (Å²) in [5, 5.41) is 0. The zero-order valence-electron chi connectivity index (χ0n) is 15.3. The molecular formula is C20H27N3O2. The average Bonchev–Trinajstić information content (AvgIpc) is 3.00. The van der Waals surface area contributed by atoms with Gasteiger partial charge in [-0.25, -0.2) is 4.98 Å². The Labute approximate surface area is 149 Å². The van der Waals surface area contributed by atoms with E-state index in [0.29, 0.717) is 5.92 Å². The number of aromatic nitrogens is 2. The number of hydrogen-bond donors (Lipinski definition) is 0. The lowest BCUT2D eigenvalue weighted by Crippen LogP contribution is -2.39. The van der Waals surface area contributed by atoms with Gasteiger partial charge in [0.25, 0.3) is 5.91 Å². The van der Waals surface area contributed by atoms with Gasteiger partial charge in [0.2, 0.25) is 0 Å². The van der Waals surface area contributed by atoms with Crippen molar-refractivity contribution in [2.75, 3.05) is 13.1 Å². The molecular weight excluding hydrogens is 314 g/mol. The molecule has 0 atom stereocenters. The molecule has 2 aromatic rings. The molecule has 1 aromatic heterocycles. The first-order valence-corrected chi connectivity index (χ1v) is 9.06. The third-order valence-electron chi connectivity index (χ3n) is 4.75. The van der Waals surface area contributed by atoms with E-state index in [4.69, 9.17) is 4.74 Å². The van der Waals surface area contributed by atoms with Gasteiger partial charge < -0.3 is 14.2 Å². The summed E-state index contributed by atoms with van der Waals surface area (Å²) in [6, 6.07) is 7.48. The molecule has 0 radical (unpaired) electrons. The number of carbonyl (C=O) groups is 1. The quantitative estimate of drug-likeness (QED) is 0.836. The van der Waals surface area contributed by atoms with Crippen LogP contribution in [-0.2, 0) is 6.54 Å². The van der Waals surface area contributed by atoms with Gasteiger partial charge in [-0.05, 0) is 63.8 Å². The molecule has 0 unspecified atom stereocenters. The largest absolute Gasteiger partial charge is 0.491 e. The molecule has 3 rings (SSSR count). The molecule has 1 saturated heterocycles. The Balaban J connectivity index is 1.53. The van der Waals surface area contributed by atoms with Crippen molar-refractivity contribution in [3.63, 3.8) is 0 Å². The Morgan fingerprint density at radius 2 is 1.92 bits per heavy atom. The molecule has 1 fully saturated rings. The van der Waals surface area contributed by atoms with Gasteiger partial charge in [0.1, 0.15) is 11.6 Å². The maximum absolute atomic E-state index is 12.7. The van der Waals surface area contributed by atoms with Crippen LogP contribution in [0.5, 0.6) is 5.75 Å². The minimum absolute atomic E-state index is 0.119. The van der Waals surface area contributed by atoms with E-state index in [9.17, 15) is 4.79 Å². The number of rotatable bonds is 5. The van der Waals surface area contributed by atoms with Gasteiger partial charge in [-0.2, -0.15) is 0 Å². The minimum Gasteiger partial charge on any atom is -0.491 e. The number of aryl methyl sites for hydroxylation is 1. The number of piperidine rings is 1. The highest BCUT2D eigenvalue weighted by molar-refractivity contribution is 5.94. The molecule has 5 heteroatoms. The monoisotopic (exact) mass is 341 g/mol. The van der Waals surface area contributed by atoms with E-state index in [1.54, 1.807) is 0 Å². The van der Waals surface area contributed by atoms with Gasteiger partial charge in [-0.15, -0.1) is 0 Å². The maximum atomic E-state index is 12.7. The predicted molar refractivity (Wildman–Crippen MR) is 97.8 cm³/mol. The van der Waals surface area contributed by atoms with E-state index < -0.39 is 0 Å². The van der Waals surface area contributed by atoms with Crippen molar-refractivity contribution in [3.8, 4) is 5.75 Å². The Morgan fingerprint density at radius 1 is 1.24 bits per heavy atom. The highest BCUT2D eigenvalue weighted by Gasteiger charge is 2.24. The fourth-order valence-corrected chi connectivity index (χ4v) is 3.32. The normalized spacial score (nSPS) is 15.6. The van der Waals surface area contributed by atoms with Gasteiger partial charge in [0, 0.05) is 37.6 Å². The van der Waals surface area contributed by atoms with Gasteiger partial charge in [0.05, 0.1) is 6.10 Å². The molecule has 0 N–H and O–H groups in total. The number of benzene rings is 1. The fourth-order valence-electron chi connectivity index (χ4n) is 3.32. The van der Waals surface area contributed by atoms with Crippen LogP contribution < -0.4 is 4.74 Å². The van der Waals surface area contributed by atoms with Crippen molar-refractivity contribution in [3.05, 3.63) is 48.0 Å². The zero-order chi connectivity index (χ0) is 17.8. The van der Waals surface area contributed by atoms with E-state index in [1.165, 1.54) is 0 Å². The van der Waals surface area contributed by atoms with Crippen LogP contribution in [0.4, 0.5) is 0 Å². The van der Waals surface area contributed by atoms with Gasteiger partial charge >= 0.3 is 0 Å². The second kappa shape index (κ2) is 7.72. The number of nitrogens with zero attached hydrogens (tertiary/aromatic N) is 3. The SMILES string of the molecule is Cc1nccn1CC1CCN(C(=O)c2ccc(OC(C)C)cc2)CC1. The van der Waals surface area contributed by atoms with Gasteiger partial charge in [0.15, 0.2) is 0 Å².